The van der Waals surface area contributed by atoms with Crippen molar-refractivity contribution in [2.75, 3.05) is 19.4 Å². The largest absolute Gasteiger partial charge is 0.493 e. The number of benzene rings is 1. The van der Waals surface area contributed by atoms with Gasteiger partial charge in [-0.1, -0.05) is 5.16 Å². The first-order chi connectivity index (χ1) is 14.3. The summed E-state index contributed by atoms with van der Waals surface area (Å²) in [6.07, 6.45) is -0.677. The highest BCUT2D eigenvalue weighted by Crippen LogP contribution is 2.39. The first kappa shape index (κ1) is 23.7. The minimum absolute atomic E-state index is 0.00344. The second kappa shape index (κ2) is 8.51. The van der Waals surface area contributed by atoms with Gasteiger partial charge in [-0.05, 0) is 51.0 Å². The molecule has 1 saturated carbocycles. The molecule has 1 aliphatic rings. The molecule has 3 atom stereocenters. The number of ether oxygens (including phenoxy) is 1. The Morgan fingerprint density at radius 2 is 1.71 bits per heavy atom. The van der Waals surface area contributed by atoms with Crippen molar-refractivity contribution in [3.8, 4) is 5.75 Å². The van der Waals surface area contributed by atoms with Crippen molar-refractivity contribution in [2.24, 2.45) is 5.41 Å². The molecule has 0 amide bonds. The van der Waals surface area contributed by atoms with E-state index in [9.17, 15) is 27.0 Å². The summed E-state index contributed by atoms with van der Waals surface area (Å²) in [5.74, 6) is 0.545. The number of nitrogens with one attached hydrogen (secondary N) is 1. The van der Waals surface area contributed by atoms with Gasteiger partial charge in [0.2, 0.25) is 10.0 Å². The van der Waals surface area contributed by atoms with Gasteiger partial charge in [-0.3, -0.25) is 0 Å². The van der Waals surface area contributed by atoms with Gasteiger partial charge < -0.3 is 19.5 Å². The van der Waals surface area contributed by atoms with Gasteiger partial charge in [0.1, 0.15) is 16.3 Å². The Hall–Kier alpha value is -1.99. The molecule has 0 aliphatic heterocycles. The number of nitrogens with zero attached hydrogens (tertiary/aromatic N) is 1. The van der Waals surface area contributed by atoms with Gasteiger partial charge in [0.15, 0.2) is 15.6 Å². The quantitative estimate of drug-likeness (QED) is 0.497. The summed E-state index contributed by atoms with van der Waals surface area (Å²) in [5, 5.41) is 23.8. The van der Waals surface area contributed by atoms with Gasteiger partial charge in [-0.15, -0.1) is 0 Å². The highest BCUT2D eigenvalue weighted by Gasteiger charge is 2.45. The average Bonchev–Trinajstić information content (AvgIpc) is 3.17. The number of sulfonamides is 1. The number of aromatic nitrogens is 1. The van der Waals surface area contributed by atoms with Crippen molar-refractivity contribution in [1.82, 2.24) is 9.88 Å². The van der Waals surface area contributed by atoms with Crippen LogP contribution in [-0.2, 0) is 19.9 Å². The van der Waals surface area contributed by atoms with Crippen LogP contribution in [0.15, 0.2) is 38.6 Å². The molecule has 1 aliphatic carbocycles. The standard InChI is InChI=1S/C19H26N2O8S2/c1-12-18(13(2)29-21-12)31(26,27)20-10-19(8-16(22)17(23)9-19)11-28-14-4-6-15(7-5-14)30(3,24)25/h4-7,16-17,20,22-23H,8-11H2,1-3H3/t16-,17+,19?. The molecule has 172 valence electrons. The van der Waals surface area contributed by atoms with E-state index in [2.05, 4.69) is 9.88 Å². The second-order valence-electron chi connectivity index (χ2n) is 8.05. The van der Waals surface area contributed by atoms with Crippen LogP contribution >= 0.6 is 0 Å². The Bertz CT molecular complexity index is 1110. The lowest BCUT2D eigenvalue weighted by Gasteiger charge is -2.29. The van der Waals surface area contributed by atoms with Crippen molar-refractivity contribution in [1.29, 1.82) is 0 Å². The number of aliphatic hydroxyl groups excluding tert-OH is 2. The van der Waals surface area contributed by atoms with E-state index in [1.807, 2.05) is 0 Å². The number of aliphatic hydroxyl groups is 2. The molecule has 2 aromatic rings. The molecule has 3 N–H and O–H groups in total. The molecule has 10 nitrogen and oxygen atoms in total. The maximum atomic E-state index is 12.8. The average molecular weight is 475 g/mol. The third-order valence-corrected chi connectivity index (χ3v) is 8.17. The minimum atomic E-state index is -3.94. The van der Waals surface area contributed by atoms with Crippen molar-refractivity contribution in [3.63, 3.8) is 0 Å². The van der Waals surface area contributed by atoms with Crippen molar-refractivity contribution >= 4 is 19.9 Å². The summed E-state index contributed by atoms with van der Waals surface area (Å²) in [6, 6.07) is 5.82. The van der Waals surface area contributed by atoms with Crippen LogP contribution in [0.2, 0.25) is 0 Å². The summed E-state index contributed by atoms with van der Waals surface area (Å²) in [5.41, 5.74) is -0.645. The van der Waals surface area contributed by atoms with E-state index in [1.165, 1.54) is 38.1 Å². The Labute approximate surface area is 181 Å². The summed E-state index contributed by atoms with van der Waals surface area (Å²) in [6.45, 7) is 2.93. The van der Waals surface area contributed by atoms with Crippen molar-refractivity contribution < 1.29 is 36.3 Å². The van der Waals surface area contributed by atoms with Gasteiger partial charge in [-0.25, -0.2) is 21.6 Å². The van der Waals surface area contributed by atoms with E-state index in [0.717, 1.165) is 6.26 Å². The van der Waals surface area contributed by atoms with Gasteiger partial charge >= 0.3 is 0 Å². The first-order valence-corrected chi connectivity index (χ1v) is 12.9. The van der Waals surface area contributed by atoms with Crippen LogP contribution in [-0.4, -0.2) is 63.8 Å². The zero-order valence-corrected chi connectivity index (χ0v) is 19.0. The van der Waals surface area contributed by atoms with E-state index < -0.39 is 37.5 Å². The molecule has 31 heavy (non-hydrogen) atoms. The topological polar surface area (TPSA) is 156 Å². The van der Waals surface area contributed by atoms with Crippen LogP contribution < -0.4 is 9.46 Å². The fourth-order valence-corrected chi connectivity index (χ4v) is 5.87. The van der Waals surface area contributed by atoms with E-state index in [-0.39, 0.29) is 47.2 Å². The SMILES string of the molecule is Cc1noc(C)c1S(=O)(=O)NCC1(COc2ccc(S(C)(=O)=O)cc2)C[C@@H](O)[C@@H](O)C1. The van der Waals surface area contributed by atoms with E-state index in [4.69, 9.17) is 9.26 Å². The molecule has 0 spiro atoms. The Morgan fingerprint density at radius 3 is 2.19 bits per heavy atom. The van der Waals surface area contributed by atoms with Crippen LogP contribution in [0.5, 0.6) is 5.75 Å². The van der Waals surface area contributed by atoms with Gasteiger partial charge in [0.05, 0.1) is 23.7 Å². The number of hydrogen-bond donors (Lipinski definition) is 3. The van der Waals surface area contributed by atoms with E-state index >= 15 is 0 Å². The van der Waals surface area contributed by atoms with Gasteiger partial charge in [0.25, 0.3) is 0 Å². The molecule has 3 rings (SSSR count). The zero-order chi connectivity index (χ0) is 23.0. The first-order valence-electron chi connectivity index (χ1n) is 9.55. The maximum absolute atomic E-state index is 12.8. The number of hydrogen-bond acceptors (Lipinski definition) is 9. The van der Waals surface area contributed by atoms with Crippen LogP contribution in [0.1, 0.15) is 24.3 Å². The fraction of sp³-hybridized carbons (Fsp3) is 0.526. The summed E-state index contributed by atoms with van der Waals surface area (Å²) < 4.78 is 61.9. The summed E-state index contributed by atoms with van der Waals surface area (Å²) in [4.78, 5) is 0.104. The van der Waals surface area contributed by atoms with Crippen LogP contribution in [0, 0.1) is 19.3 Å². The molecular formula is C19H26N2O8S2. The maximum Gasteiger partial charge on any atom is 0.245 e. The van der Waals surface area contributed by atoms with Crippen molar-refractivity contribution in [3.05, 3.63) is 35.7 Å². The van der Waals surface area contributed by atoms with E-state index in [1.54, 1.807) is 0 Å². The molecule has 1 aromatic carbocycles. The fourth-order valence-electron chi connectivity index (χ4n) is 3.75. The van der Waals surface area contributed by atoms with Crippen LogP contribution in [0.3, 0.4) is 0 Å². The third-order valence-electron chi connectivity index (χ3n) is 5.40. The van der Waals surface area contributed by atoms with E-state index in [0.29, 0.717) is 5.75 Å². The molecule has 1 aromatic heterocycles. The molecule has 1 unspecified atom stereocenters. The summed E-state index contributed by atoms with van der Waals surface area (Å²) >= 11 is 0. The lowest BCUT2D eigenvalue weighted by atomic mass is 9.87. The molecule has 1 fully saturated rings. The predicted molar refractivity (Wildman–Crippen MR) is 110 cm³/mol. The van der Waals surface area contributed by atoms with Gasteiger partial charge in [-0.2, -0.15) is 0 Å². The summed E-state index contributed by atoms with van der Waals surface area (Å²) in [7, 11) is -7.28. The molecular weight excluding hydrogens is 448 g/mol. The normalized spacial score (nSPS) is 24.4. The molecule has 0 radical (unpaired) electrons. The minimum Gasteiger partial charge on any atom is -0.493 e. The lowest BCUT2D eigenvalue weighted by molar-refractivity contribution is 0.0438. The Kier molecular flexibility index (Phi) is 6.50. The van der Waals surface area contributed by atoms with Crippen molar-refractivity contribution in [2.45, 2.75) is 48.7 Å². The smallest absolute Gasteiger partial charge is 0.245 e. The lowest BCUT2D eigenvalue weighted by Crippen LogP contribution is -2.40. The van der Waals surface area contributed by atoms with Crippen LogP contribution in [0.4, 0.5) is 0 Å². The predicted octanol–water partition coefficient (Wildman–Crippen LogP) is 0.554. The van der Waals surface area contributed by atoms with Gasteiger partial charge in [0, 0.05) is 18.2 Å². The monoisotopic (exact) mass is 474 g/mol. The zero-order valence-electron chi connectivity index (χ0n) is 17.4. The highest BCUT2D eigenvalue weighted by molar-refractivity contribution is 7.90. The molecule has 12 heteroatoms. The van der Waals surface area contributed by atoms with Crippen LogP contribution in [0.25, 0.3) is 0 Å². The molecule has 1 heterocycles. The number of sulfone groups is 1. The number of aryl methyl sites for hydroxylation is 2. The second-order valence-corrected chi connectivity index (χ2v) is 11.8. The Morgan fingerprint density at radius 1 is 1.13 bits per heavy atom. The third kappa shape index (κ3) is 5.26. The molecule has 0 bridgehead atoms. The Balaban J connectivity index is 1.76. The highest BCUT2D eigenvalue weighted by atomic mass is 32.2. The number of rotatable bonds is 8. The molecule has 0 saturated heterocycles.